The van der Waals surface area contributed by atoms with Crippen molar-refractivity contribution in [1.29, 1.82) is 0 Å². The average Bonchev–Trinajstić information content (AvgIpc) is 0.905. The van der Waals surface area contributed by atoms with E-state index in [1.807, 2.05) is 0 Å². The van der Waals surface area contributed by atoms with Crippen LogP contribution in [0.4, 0.5) is 0 Å². The molecule has 0 aromatic heterocycles. The summed E-state index contributed by atoms with van der Waals surface area (Å²) >= 11 is 0. The predicted octanol–water partition coefficient (Wildman–Crippen LogP) is 25.8. The molecule has 0 aromatic carbocycles. The van der Waals surface area contributed by atoms with Gasteiger partial charge < -0.3 is 33.8 Å². The van der Waals surface area contributed by atoms with Gasteiger partial charge in [-0.25, -0.2) is 9.13 Å². The number of ether oxygens (including phenoxy) is 4. The van der Waals surface area contributed by atoms with Gasteiger partial charge in [0, 0.05) is 25.7 Å². The highest BCUT2D eigenvalue weighted by molar-refractivity contribution is 7.47. The van der Waals surface area contributed by atoms with Gasteiger partial charge in [0.1, 0.15) is 19.3 Å². The first-order valence-electron chi connectivity index (χ1n) is 44.0. The van der Waals surface area contributed by atoms with Gasteiger partial charge in [-0.15, -0.1) is 0 Å². The first-order chi connectivity index (χ1) is 50.4. The van der Waals surface area contributed by atoms with Gasteiger partial charge in [-0.2, -0.15) is 0 Å². The fourth-order valence-electron chi connectivity index (χ4n) is 13.2. The van der Waals surface area contributed by atoms with E-state index in [-0.39, 0.29) is 25.7 Å². The molecule has 0 aliphatic heterocycles. The van der Waals surface area contributed by atoms with Crippen molar-refractivity contribution in [2.75, 3.05) is 39.6 Å². The second kappa shape index (κ2) is 76.4. The molecule has 104 heavy (non-hydrogen) atoms. The van der Waals surface area contributed by atoms with Crippen LogP contribution in [0.2, 0.25) is 0 Å². The lowest BCUT2D eigenvalue weighted by molar-refractivity contribution is -0.161. The molecular formula is C85H166O17P2. The van der Waals surface area contributed by atoms with Crippen molar-refractivity contribution in [3.05, 3.63) is 0 Å². The number of phosphoric acid groups is 2. The van der Waals surface area contributed by atoms with Crippen molar-refractivity contribution in [1.82, 2.24) is 0 Å². The number of aliphatic hydroxyl groups excluding tert-OH is 1. The molecule has 0 saturated heterocycles. The van der Waals surface area contributed by atoms with Gasteiger partial charge in [-0.1, -0.05) is 401 Å². The molecule has 0 heterocycles. The van der Waals surface area contributed by atoms with Crippen LogP contribution < -0.4 is 0 Å². The van der Waals surface area contributed by atoms with Crippen molar-refractivity contribution < 1.29 is 80.2 Å². The van der Waals surface area contributed by atoms with Crippen LogP contribution in [0.1, 0.15) is 452 Å². The van der Waals surface area contributed by atoms with Gasteiger partial charge >= 0.3 is 39.5 Å². The summed E-state index contributed by atoms with van der Waals surface area (Å²) in [6.45, 7) is 9.73. The number of esters is 4. The number of unbranched alkanes of at least 4 members (excludes halogenated alkanes) is 54. The molecule has 0 aliphatic rings. The molecule has 0 amide bonds. The molecule has 0 spiro atoms. The molecule has 0 rings (SSSR count). The van der Waals surface area contributed by atoms with E-state index < -0.39 is 97.5 Å². The zero-order valence-electron chi connectivity index (χ0n) is 68.3. The summed E-state index contributed by atoms with van der Waals surface area (Å²) in [4.78, 5) is 73.2. The van der Waals surface area contributed by atoms with E-state index >= 15 is 0 Å². The van der Waals surface area contributed by atoms with Crippen LogP contribution in [0.15, 0.2) is 0 Å². The number of rotatable bonds is 84. The Labute approximate surface area is 638 Å². The minimum Gasteiger partial charge on any atom is -0.462 e. The van der Waals surface area contributed by atoms with E-state index in [0.29, 0.717) is 25.7 Å². The highest BCUT2D eigenvalue weighted by atomic mass is 31.2. The lowest BCUT2D eigenvalue weighted by Gasteiger charge is -2.21. The monoisotopic (exact) mass is 1520 g/mol. The average molecular weight is 1520 g/mol. The quantitative estimate of drug-likeness (QED) is 0.0222. The smallest absolute Gasteiger partial charge is 0.462 e. The molecule has 0 radical (unpaired) electrons. The lowest BCUT2D eigenvalue weighted by atomic mass is 10.0. The van der Waals surface area contributed by atoms with E-state index in [1.54, 1.807) is 0 Å². The second-order valence-corrected chi connectivity index (χ2v) is 34.4. The Morgan fingerprint density at radius 3 is 0.654 bits per heavy atom. The molecule has 0 saturated carbocycles. The first kappa shape index (κ1) is 102. The molecule has 0 aliphatic carbocycles. The van der Waals surface area contributed by atoms with Crippen molar-refractivity contribution in [2.45, 2.75) is 471 Å². The van der Waals surface area contributed by atoms with E-state index in [9.17, 15) is 43.2 Å². The number of hydrogen-bond acceptors (Lipinski definition) is 15. The minimum absolute atomic E-state index is 0.109. The van der Waals surface area contributed by atoms with Crippen molar-refractivity contribution in [2.24, 2.45) is 11.8 Å². The topological polar surface area (TPSA) is 237 Å². The molecule has 618 valence electrons. The number of phosphoric ester groups is 2. The molecule has 3 N–H and O–H groups in total. The molecular weight excluding hydrogens is 1350 g/mol. The molecule has 0 bridgehead atoms. The Morgan fingerprint density at radius 1 is 0.260 bits per heavy atom. The summed E-state index contributed by atoms with van der Waals surface area (Å²) in [6, 6.07) is 0. The second-order valence-electron chi connectivity index (χ2n) is 31.5. The molecule has 0 aromatic rings. The number of carbonyl (C=O) groups is 4. The fraction of sp³-hybridized carbons (Fsp3) is 0.953. The van der Waals surface area contributed by atoms with Crippen LogP contribution >= 0.6 is 15.6 Å². The molecule has 5 atom stereocenters. The maximum atomic E-state index is 13.1. The summed E-state index contributed by atoms with van der Waals surface area (Å²) in [6.07, 6.45) is 67.9. The van der Waals surface area contributed by atoms with Crippen LogP contribution in [0.25, 0.3) is 0 Å². The lowest BCUT2D eigenvalue weighted by Crippen LogP contribution is -2.30. The maximum Gasteiger partial charge on any atom is 0.472 e. The molecule has 0 fully saturated rings. The summed E-state index contributed by atoms with van der Waals surface area (Å²) in [5.74, 6) is -0.489. The van der Waals surface area contributed by atoms with E-state index in [0.717, 1.165) is 102 Å². The molecule has 19 heteroatoms. The summed E-state index contributed by atoms with van der Waals surface area (Å²) < 4.78 is 68.9. The first-order valence-corrected chi connectivity index (χ1v) is 47.0. The Hall–Kier alpha value is -1.94. The summed E-state index contributed by atoms with van der Waals surface area (Å²) in [5, 5.41) is 10.7. The number of carbonyl (C=O) groups excluding carboxylic acids is 4. The normalized spacial score (nSPS) is 13.8. The van der Waals surface area contributed by atoms with Gasteiger partial charge in [-0.05, 0) is 37.5 Å². The third-order valence-corrected chi connectivity index (χ3v) is 21.9. The van der Waals surface area contributed by atoms with Crippen LogP contribution in [0, 0.1) is 11.8 Å². The van der Waals surface area contributed by atoms with Crippen LogP contribution in [-0.2, 0) is 65.4 Å². The van der Waals surface area contributed by atoms with Gasteiger partial charge in [0.05, 0.1) is 26.4 Å². The van der Waals surface area contributed by atoms with Gasteiger partial charge in [-0.3, -0.25) is 37.3 Å². The van der Waals surface area contributed by atoms with Crippen molar-refractivity contribution in [3.63, 3.8) is 0 Å². The third-order valence-electron chi connectivity index (χ3n) is 20.0. The Kier molecular flexibility index (Phi) is 75.0. The highest BCUT2D eigenvalue weighted by Crippen LogP contribution is 2.45. The minimum atomic E-state index is -4.97. The number of hydrogen-bond donors (Lipinski definition) is 3. The Bertz CT molecular complexity index is 1990. The van der Waals surface area contributed by atoms with Crippen LogP contribution in [-0.4, -0.2) is 96.7 Å². The third kappa shape index (κ3) is 78.2. The largest absolute Gasteiger partial charge is 0.472 e. The predicted molar refractivity (Wildman–Crippen MR) is 428 cm³/mol. The SMILES string of the molecule is CCCCCCCCCCCCCCCCC(=O)O[C@H](COC(=O)CCCCCCCCCCCCCCC)COP(=O)(O)OC[C@H](O)COP(=O)(O)OC[C@@H](COC(=O)CCCCCCCCCCCCCCCC(C)C)OC(=O)CCCCCCCCCCCCCCCCCCCCC(C)C. The van der Waals surface area contributed by atoms with Crippen molar-refractivity contribution in [3.8, 4) is 0 Å². The highest BCUT2D eigenvalue weighted by Gasteiger charge is 2.30. The van der Waals surface area contributed by atoms with Gasteiger partial charge in [0.2, 0.25) is 0 Å². The van der Waals surface area contributed by atoms with Gasteiger partial charge in [0.15, 0.2) is 12.2 Å². The maximum absolute atomic E-state index is 13.1. The van der Waals surface area contributed by atoms with Crippen LogP contribution in [0.5, 0.6) is 0 Å². The standard InChI is InChI=1S/C85H166O17P2/c1-7-9-11-13-15-17-19-21-32-39-45-51-57-63-69-84(89)101-80(73-95-82(87)67-61-55-49-43-37-29-20-18-16-14-12-10-8-2)75-99-103(91,92)97-71-79(86)72-98-104(93,94)100-76-81(74-96-83(88)68-62-56-50-44-38-34-28-31-36-42-48-54-60-66-78(5)6)102-85(90)70-64-58-52-46-40-33-27-25-23-22-24-26-30-35-41-47-53-59-65-77(3)4/h77-81,86H,7-76H2,1-6H3,(H,91,92)(H,93,94)/t79-,80+,81+/m0/s1. The fourth-order valence-corrected chi connectivity index (χ4v) is 14.8. The zero-order valence-corrected chi connectivity index (χ0v) is 70.1. The van der Waals surface area contributed by atoms with E-state index in [2.05, 4.69) is 41.5 Å². The summed E-state index contributed by atoms with van der Waals surface area (Å²) in [5.41, 5.74) is 0. The number of aliphatic hydroxyl groups is 1. The molecule has 2 unspecified atom stereocenters. The summed E-state index contributed by atoms with van der Waals surface area (Å²) in [7, 11) is -9.93. The van der Waals surface area contributed by atoms with Crippen LogP contribution in [0.3, 0.4) is 0 Å². The Balaban J connectivity index is 5.25. The molecule has 17 nitrogen and oxygen atoms in total. The van der Waals surface area contributed by atoms with Gasteiger partial charge in [0.25, 0.3) is 0 Å². The zero-order chi connectivity index (χ0) is 76.4. The van der Waals surface area contributed by atoms with E-state index in [4.69, 9.17) is 37.0 Å². The Morgan fingerprint density at radius 2 is 0.442 bits per heavy atom. The van der Waals surface area contributed by atoms with E-state index in [1.165, 1.54) is 270 Å². The van der Waals surface area contributed by atoms with Crippen molar-refractivity contribution >= 4 is 39.5 Å².